The summed E-state index contributed by atoms with van der Waals surface area (Å²) in [5.41, 5.74) is 3.33. The van der Waals surface area contributed by atoms with E-state index in [-0.39, 0.29) is 0 Å². The average molecular weight is 188 g/mol. The molecular weight excluding hydrogens is 172 g/mol. The van der Waals surface area contributed by atoms with E-state index in [9.17, 15) is 0 Å². The smallest absolute Gasteiger partial charge is 0.0738 e. The van der Waals surface area contributed by atoms with E-state index >= 15 is 0 Å². The van der Waals surface area contributed by atoms with Crippen LogP contribution in [0.1, 0.15) is 25.1 Å². The molecule has 0 fully saturated rings. The molecule has 0 radical (unpaired) electrons. The van der Waals surface area contributed by atoms with Crippen molar-refractivity contribution in [2.75, 3.05) is 0 Å². The first kappa shape index (κ1) is 10.6. The van der Waals surface area contributed by atoms with Crippen molar-refractivity contribution in [3.8, 4) is 0 Å². The SMILES string of the molecule is CC.Cc1cc(C)c2cnccc2n1. The monoisotopic (exact) mass is 188 g/mol. The molecule has 2 nitrogen and oxygen atoms in total. The second-order valence-electron chi connectivity index (χ2n) is 2.97. The summed E-state index contributed by atoms with van der Waals surface area (Å²) in [6.45, 7) is 8.09. The molecule has 14 heavy (non-hydrogen) atoms. The Balaban J connectivity index is 0.000000461. The van der Waals surface area contributed by atoms with E-state index in [2.05, 4.69) is 23.0 Å². The summed E-state index contributed by atoms with van der Waals surface area (Å²) in [7, 11) is 0. The Kier molecular flexibility index (Phi) is 3.57. The molecule has 0 aliphatic rings. The highest BCUT2D eigenvalue weighted by Gasteiger charge is 1.98. The van der Waals surface area contributed by atoms with E-state index in [1.807, 2.05) is 33.0 Å². The first-order valence-electron chi connectivity index (χ1n) is 4.95. The van der Waals surface area contributed by atoms with Crippen LogP contribution in [0.3, 0.4) is 0 Å². The van der Waals surface area contributed by atoms with Gasteiger partial charge in [-0.15, -0.1) is 0 Å². The summed E-state index contributed by atoms with van der Waals surface area (Å²) in [4.78, 5) is 8.46. The van der Waals surface area contributed by atoms with Crippen molar-refractivity contribution in [1.29, 1.82) is 0 Å². The molecule has 0 saturated carbocycles. The molecule has 0 spiro atoms. The molecule has 0 unspecified atom stereocenters. The van der Waals surface area contributed by atoms with E-state index in [4.69, 9.17) is 0 Å². The van der Waals surface area contributed by atoms with Gasteiger partial charge in [0.15, 0.2) is 0 Å². The predicted molar refractivity (Wildman–Crippen MR) is 60.4 cm³/mol. The zero-order valence-electron chi connectivity index (χ0n) is 9.20. The van der Waals surface area contributed by atoms with Gasteiger partial charge in [0, 0.05) is 23.5 Å². The van der Waals surface area contributed by atoms with E-state index in [1.54, 1.807) is 6.20 Å². The Hall–Kier alpha value is -1.44. The molecular formula is C12H16N2. The van der Waals surface area contributed by atoms with Crippen LogP contribution in [0, 0.1) is 13.8 Å². The van der Waals surface area contributed by atoms with Crippen LogP contribution < -0.4 is 0 Å². The van der Waals surface area contributed by atoms with Crippen molar-refractivity contribution < 1.29 is 0 Å². The summed E-state index contributed by atoms with van der Waals surface area (Å²) < 4.78 is 0. The molecule has 2 heterocycles. The lowest BCUT2D eigenvalue weighted by Crippen LogP contribution is -1.87. The molecule has 0 aromatic carbocycles. The van der Waals surface area contributed by atoms with Gasteiger partial charge in [-0.25, -0.2) is 0 Å². The van der Waals surface area contributed by atoms with Gasteiger partial charge in [-0.05, 0) is 31.5 Å². The molecule has 0 amide bonds. The lowest BCUT2D eigenvalue weighted by Gasteiger charge is -2.01. The van der Waals surface area contributed by atoms with Crippen molar-refractivity contribution >= 4 is 10.9 Å². The van der Waals surface area contributed by atoms with Gasteiger partial charge in [0.1, 0.15) is 0 Å². The Morgan fingerprint density at radius 1 is 1.14 bits per heavy atom. The maximum atomic E-state index is 4.40. The zero-order chi connectivity index (χ0) is 10.6. The van der Waals surface area contributed by atoms with Gasteiger partial charge >= 0.3 is 0 Å². The molecule has 0 bridgehead atoms. The standard InChI is InChI=1S/C10H10N2.C2H6/c1-7-5-8(2)12-10-3-4-11-6-9(7)10;1-2/h3-6H,1-2H3;1-2H3. The van der Waals surface area contributed by atoms with Gasteiger partial charge in [-0.1, -0.05) is 13.8 Å². The number of pyridine rings is 2. The number of fused-ring (bicyclic) bond motifs is 1. The van der Waals surface area contributed by atoms with Crippen LogP contribution in [0.5, 0.6) is 0 Å². The molecule has 2 aromatic rings. The Bertz CT molecular complexity index is 422. The largest absolute Gasteiger partial charge is 0.264 e. The molecule has 74 valence electrons. The molecule has 0 saturated heterocycles. The fourth-order valence-electron chi connectivity index (χ4n) is 1.40. The Labute approximate surface area is 85.0 Å². The van der Waals surface area contributed by atoms with Crippen molar-refractivity contribution in [2.45, 2.75) is 27.7 Å². The normalized spacial score (nSPS) is 9.43. The minimum atomic E-state index is 1.03. The maximum absolute atomic E-state index is 4.40. The van der Waals surface area contributed by atoms with Crippen molar-refractivity contribution in [3.63, 3.8) is 0 Å². The average Bonchev–Trinajstić information content (AvgIpc) is 2.20. The number of aromatic nitrogens is 2. The quantitative estimate of drug-likeness (QED) is 0.634. The van der Waals surface area contributed by atoms with Gasteiger partial charge in [-0.2, -0.15) is 0 Å². The van der Waals surface area contributed by atoms with Crippen LogP contribution in [-0.4, -0.2) is 9.97 Å². The van der Waals surface area contributed by atoms with E-state index in [1.165, 1.54) is 5.56 Å². The second kappa shape index (κ2) is 4.70. The van der Waals surface area contributed by atoms with Crippen LogP contribution in [0.4, 0.5) is 0 Å². The van der Waals surface area contributed by atoms with Gasteiger partial charge in [-0.3, -0.25) is 9.97 Å². The fraction of sp³-hybridized carbons (Fsp3) is 0.333. The molecule has 0 N–H and O–H groups in total. The lowest BCUT2D eigenvalue weighted by atomic mass is 10.1. The van der Waals surface area contributed by atoms with E-state index < -0.39 is 0 Å². The molecule has 2 rings (SSSR count). The van der Waals surface area contributed by atoms with E-state index in [0.717, 1.165) is 16.6 Å². The summed E-state index contributed by atoms with van der Waals surface area (Å²) in [5, 5.41) is 1.14. The lowest BCUT2D eigenvalue weighted by molar-refractivity contribution is 1.22. The summed E-state index contributed by atoms with van der Waals surface area (Å²) in [6.07, 6.45) is 3.63. The maximum Gasteiger partial charge on any atom is 0.0738 e. The highest BCUT2D eigenvalue weighted by Crippen LogP contribution is 2.15. The highest BCUT2D eigenvalue weighted by atomic mass is 14.7. The Morgan fingerprint density at radius 3 is 2.57 bits per heavy atom. The highest BCUT2D eigenvalue weighted by molar-refractivity contribution is 5.80. The third kappa shape index (κ3) is 2.08. The first-order valence-corrected chi connectivity index (χ1v) is 4.95. The zero-order valence-corrected chi connectivity index (χ0v) is 9.20. The third-order valence-corrected chi connectivity index (χ3v) is 1.95. The topological polar surface area (TPSA) is 25.8 Å². The Morgan fingerprint density at radius 2 is 1.86 bits per heavy atom. The van der Waals surface area contributed by atoms with E-state index in [0.29, 0.717) is 0 Å². The third-order valence-electron chi connectivity index (χ3n) is 1.95. The van der Waals surface area contributed by atoms with Gasteiger partial charge in [0.05, 0.1) is 5.52 Å². The number of rotatable bonds is 0. The number of hydrogen-bond acceptors (Lipinski definition) is 2. The molecule has 0 aliphatic carbocycles. The van der Waals surface area contributed by atoms with Crippen LogP contribution in [0.25, 0.3) is 10.9 Å². The van der Waals surface area contributed by atoms with Gasteiger partial charge < -0.3 is 0 Å². The van der Waals surface area contributed by atoms with Crippen LogP contribution in [0.15, 0.2) is 24.5 Å². The minimum Gasteiger partial charge on any atom is -0.264 e. The van der Waals surface area contributed by atoms with Crippen molar-refractivity contribution in [1.82, 2.24) is 9.97 Å². The first-order chi connectivity index (χ1) is 6.77. The number of aryl methyl sites for hydroxylation is 2. The predicted octanol–water partition coefficient (Wildman–Crippen LogP) is 3.27. The minimum absolute atomic E-state index is 1.03. The molecule has 2 aromatic heterocycles. The number of hydrogen-bond donors (Lipinski definition) is 0. The number of nitrogens with zero attached hydrogens (tertiary/aromatic N) is 2. The van der Waals surface area contributed by atoms with Gasteiger partial charge in [0.25, 0.3) is 0 Å². The second-order valence-corrected chi connectivity index (χ2v) is 2.97. The van der Waals surface area contributed by atoms with Crippen LogP contribution in [0.2, 0.25) is 0 Å². The van der Waals surface area contributed by atoms with Crippen molar-refractivity contribution in [3.05, 3.63) is 35.8 Å². The molecule has 0 atom stereocenters. The summed E-state index contributed by atoms with van der Waals surface area (Å²) in [6, 6.07) is 4.01. The molecule has 2 heteroatoms. The van der Waals surface area contributed by atoms with Crippen LogP contribution in [-0.2, 0) is 0 Å². The summed E-state index contributed by atoms with van der Waals surface area (Å²) >= 11 is 0. The van der Waals surface area contributed by atoms with Crippen LogP contribution >= 0.6 is 0 Å². The van der Waals surface area contributed by atoms with Crippen molar-refractivity contribution in [2.24, 2.45) is 0 Å². The molecule has 0 aliphatic heterocycles. The fourth-order valence-corrected chi connectivity index (χ4v) is 1.40. The summed E-state index contributed by atoms with van der Waals surface area (Å²) in [5.74, 6) is 0. The van der Waals surface area contributed by atoms with Gasteiger partial charge in [0.2, 0.25) is 0 Å².